The first-order valence-electron chi connectivity index (χ1n) is 8.99. The van der Waals surface area contributed by atoms with Crippen molar-refractivity contribution in [2.45, 2.75) is 44.3 Å². The van der Waals surface area contributed by atoms with E-state index in [1.165, 1.54) is 0 Å². The van der Waals surface area contributed by atoms with Crippen LogP contribution in [0.1, 0.15) is 43.7 Å². The fourth-order valence-electron chi connectivity index (χ4n) is 4.48. The summed E-state index contributed by atoms with van der Waals surface area (Å²) < 4.78 is 6.51. The Hall–Kier alpha value is -2.37. The first kappa shape index (κ1) is 16.1. The normalized spacial score (nSPS) is 30.4. The third-order valence-corrected chi connectivity index (χ3v) is 5.68. The minimum absolute atomic E-state index is 0.114. The lowest BCUT2D eigenvalue weighted by Gasteiger charge is -2.42. The van der Waals surface area contributed by atoms with Crippen LogP contribution in [0.25, 0.3) is 0 Å². The first-order valence-corrected chi connectivity index (χ1v) is 8.99. The summed E-state index contributed by atoms with van der Waals surface area (Å²) in [5.41, 5.74) is 0.624. The fraction of sp³-hybridized carbons (Fsp3) is 0.348. The van der Waals surface area contributed by atoms with Crippen LogP contribution in [0.15, 0.2) is 60.7 Å². The van der Waals surface area contributed by atoms with Gasteiger partial charge in [0.05, 0.1) is 6.10 Å². The van der Waals surface area contributed by atoms with Crippen molar-refractivity contribution >= 4 is 5.78 Å². The van der Waals surface area contributed by atoms with E-state index in [9.17, 15) is 4.79 Å². The van der Waals surface area contributed by atoms with Crippen molar-refractivity contribution in [2.75, 3.05) is 0 Å². The molecule has 0 saturated carbocycles. The largest absolute Gasteiger partial charge is 0.365 e. The van der Waals surface area contributed by atoms with Crippen LogP contribution in [-0.2, 0) is 15.1 Å². The predicted octanol–water partition coefficient (Wildman–Crippen LogP) is 4.48. The zero-order valence-corrected chi connectivity index (χ0v) is 14.5. The number of hydrogen-bond donors (Lipinski definition) is 0. The summed E-state index contributed by atoms with van der Waals surface area (Å²) in [5, 5.41) is 0. The molecule has 25 heavy (non-hydrogen) atoms. The molecule has 0 spiro atoms. The maximum atomic E-state index is 12.9. The van der Waals surface area contributed by atoms with Gasteiger partial charge >= 0.3 is 0 Å². The summed E-state index contributed by atoms with van der Waals surface area (Å²) in [5.74, 6) is 6.78. The van der Waals surface area contributed by atoms with E-state index >= 15 is 0 Å². The third-order valence-electron chi connectivity index (χ3n) is 5.68. The molecule has 2 aliphatic heterocycles. The molecule has 0 aromatic heterocycles. The highest BCUT2D eigenvalue weighted by atomic mass is 16.5. The van der Waals surface area contributed by atoms with E-state index in [0.717, 1.165) is 30.4 Å². The molecule has 2 fully saturated rings. The Balaban J connectivity index is 1.88. The molecule has 0 unspecified atom stereocenters. The van der Waals surface area contributed by atoms with Gasteiger partial charge in [-0.25, -0.2) is 0 Å². The Kier molecular flexibility index (Phi) is 3.98. The smallest absolute Gasteiger partial charge is 0.151 e. The molecule has 126 valence electrons. The van der Waals surface area contributed by atoms with Crippen LogP contribution in [-0.4, -0.2) is 11.9 Å². The molecule has 2 bridgehead atoms. The molecule has 2 aromatic carbocycles. The van der Waals surface area contributed by atoms with Crippen LogP contribution in [0.5, 0.6) is 0 Å². The van der Waals surface area contributed by atoms with E-state index in [4.69, 9.17) is 4.74 Å². The van der Waals surface area contributed by atoms with Crippen LogP contribution >= 0.6 is 0 Å². The van der Waals surface area contributed by atoms with Gasteiger partial charge in [0.1, 0.15) is 11.0 Å². The lowest BCUT2D eigenvalue weighted by atomic mass is 9.65. The van der Waals surface area contributed by atoms with Crippen LogP contribution in [0.2, 0.25) is 0 Å². The molecule has 4 rings (SSSR count). The Morgan fingerprint density at radius 1 is 1.08 bits per heavy atom. The van der Waals surface area contributed by atoms with Crippen LogP contribution in [0.4, 0.5) is 0 Å². The van der Waals surface area contributed by atoms with E-state index in [2.05, 4.69) is 24.0 Å². The quantitative estimate of drug-likeness (QED) is 0.759. The summed E-state index contributed by atoms with van der Waals surface area (Å²) in [7, 11) is 0. The zero-order valence-electron chi connectivity index (χ0n) is 14.5. The number of ketones is 1. The minimum Gasteiger partial charge on any atom is -0.365 e. The Bertz CT molecular complexity index is 831. The molecule has 3 atom stereocenters. The van der Waals surface area contributed by atoms with Gasteiger partial charge in [-0.05, 0) is 43.9 Å². The van der Waals surface area contributed by atoms with E-state index in [1.54, 1.807) is 6.92 Å². The molecule has 2 heterocycles. The number of rotatable bonds is 2. The number of benzene rings is 2. The van der Waals surface area contributed by atoms with Crippen molar-refractivity contribution in [3.05, 3.63) is 71.8 Å². The fourth-order valence-corrected chi connectivity index (χ4v) is 4.48. The number of fused-ring (bicyclic) bond motifs is 2. The van der Waals surface area contributed by atoms with E-state index in [0.29, 0.717) is 6.42 Å². The topological polar surface area (TPSA) is 26.3 Å². The van der Waals surface area contributed by atoms with Crippen LogP contribution in [0, 0.1) is 17.3 Å². The lowest BCUT2D eigenvalue weighted by molar-refractivity contribution is -0.143. The van der Waals surface area contributed by atoms with Crippen molar-refractivity contribution in [3.63, 3.8) is 0 Å². The van der Waals surface area contributed by atoms with Gasteiger partial charge in [0.2, 0.25) is 0 Å². The molecule has 2 aromatic rings. The SMILES string of the molecule is CC(=O)[C@]1(C#Cc2ccccc2)C[C@H]2CCC[C@]1(c1ccccc1)O2. The summed E-state index contributed by atoms with van der Waals surface area (Å²) >= 11 is 0. The lowest BCUT2D eigenvalue weighted by Crippen LogP contribution is -2.47. The second-order valence-corrected chi connectivity index (χ2v) is 7.11. The zero-order chi connectivity index (χ0) is 17.3. The second kappa shape index (κ2) is 6.17. The summed E-state index contributed by atoms with van der Waals surface area (Å²) in [6, 6.07) is 20.1. The highest BCUT2D eigenvalue weighted by Gasteiger charge is 2.63. The standard InChI is InChI=1S/C23H22O2/c1-18(24)22(16-14-19-9-4-2-5-10-19)17-21-13-8-15-23(22,25-21)20-11-6-3-7-12-20/h2-7,9-12,21H,8,13,15,17H2,1H3/t21-,22+,23-/m1/s1. The van der Waals surface area contributed by atoms with Gasteiger partial charge in [0, 0.05) is 12.0 Å². The van der Waals surface area contributed by atoms with Crippen LogP contribution < -0.4 is 0 Å². The highest BCUT2D eigenvalue weighted by molar-refractivity contribution is 5.88. The van der Waals surface area contributed by atoms with E-state index < -0.39 is 11.0 Å². The highest BCUT2D eigenvalue weighted by Crippen LogP contribution is 2.59. The molecular formula is C23H22O2. The minimum atomic E-state index is -0.772. The van der Waals surface area contributed by atoms with E-state index in [-0.39, 0.29) is 11.9 Å². The molecule has 2 heteroatoms. The van der Waals surface area contributed by atoms with Gasteiger partial charge in [-0.3, -0.25) is 4.79 Å². The van der Waals surface area contributed by atoms with Gasteiger partial charge in [-0.1, -0.05) is 60.4 Å². The summed E-state index contributed by atoms with van der Waals surface area (Å²) in [4.78, 5) is 12.9. The van der Waals surface area contributed by atoms with Crippen molar-refractivity contribution in [1.29, 1.82) is 0 Å². The van der Waals surface area contributed by atoms with Crippen molar-refractivity contribution < 1.29 is 9.53 Å². The summed E-state index contributed by atoms with van der Waals surface area (Å²) in [6.45, 7) is 1.68. The number of carbonyl (C=O) groups is 1. The monoisotopic (exact) mass is 330 g/mol. The van der Waals surface area contributed by atoms with Gasteiger partial charge in [0.25, 0.3) is 0 Å². The molecule has 2 aliphatic rings. The Morgan fingerprint density at radius 3 is 2.44 bits per heavy atom. The van der Waals surface area contributed by atoms with E-state index in [1.807, 2.05) is 48.5 Å². The average molecular weight is 330 g/mol. The van der Waals surface area contributed by atoms with Gasteiger partial charge < -0.3 is 4.74 Å². The van der Waals surface area contributed by atoms with Gasteiger partial charge in [0.15, 0.2) is 5.78 Å². The maximum absolute atomic E-state index is 12.9. The van der Waals surface area contributed by atoms with Gasteiger partial charge in [-0.15, -0.1) is 0 Å². The maximum Gasteiger partial charge on any atom is 0.151 e. The molecular weight excluding hydrogens is 308 g/mol. The number of hydrogen-bond acceptors (Lipinski definition) is 2. The number of Topliss-reactive ketones (excluding diaryl/α,β-unsaturated/α-hetero) is 1. The van der Waals surface area contributed by atoms with Gasteiger partial charge in [-0.2, -0.15) is 0 Å². The number of ether oxygens (including phenoxy) is 1. The molecule has 2 saturated heterocycles. The Morgan fingerprint density at radius 2 is 1.76 bits per heavy atom. The predicted molar refractivity (Wildman–Crippen MR) is 97.9 cm³/mol. The average Bonchev–Trinajstić information content (AvgIpc) is 2.89. The van der Waals surface area contributed by atoms with Crippen molar-refractivity contribution in [3.8, 4) is 11.8 Å². The Labute approximate surface area is 149 Å². The third kappa shape index (κ3) is 2.51. The molecule has 0 amide bonds. The molecule has 0 radical (unpaired) electrons. The molecule has 0 N–H and O–H groups in total. The molecule has 0 aliphatic carbocycles. The van der Waals surface area contributed by atoms with Crippen molar-refractivity contribution in [2.24, 2.45) is 5.41 Å². The first-order chi connectivity index (χ1) is 12.2. The summed E-state index contributed by atoms with van der Waals surface area (Å²) in [6.07, 6.45) is 3.73. The molecule has 2 nitrogen and oxygen atoms in total. The van der Waals surface area contributed by atoms with Crippen LogP contribution in [0.3, 0.4) is 0 Å². The second-order valence-electron chi connectivity index (χ2n) is 7.11. The van der Waals surface area contributed by atoms with Crippen molar-refractivity contribution in [1.82, 2.24) is 0 Å². The number of carbonyl (C=O) groups excluding carboxylic acids is 1.